The Morgan fingerprint density at radius 3 is 2.47 bits per heavy atom. The van der Waals surface area contributed by atoms with Gasteiger partial charge in [0.2, 0.25) is 5.91 Å². The van der Waals surface area contributed by atoms with Crippen molar-refractivity contribution in [3.05, 3.63) is 59.7 Å². The summed E-state index contributed by atoms with van der Waals surface area (Å²) >= 11 is 0. The van der Waals surface area contributed by atoms with Gasteiger partial charge in [-0.3, -0.25) is 14.5 Å². The molecule has 1 aromatic heterocycles. The molecule has 1 aliphatic carbocycles. The number of carbonyl (C=O) groups is 2. The molecule has 8 nitrogen and oxygen atoms in total. The Bertz CT molecular complexity index is 1020. The van der Waals surface area contributed by atoms with Crippen molar-refractivity contribution in [3.8, 4) is 0 Å². The summed E-state index contributed by atoms with van der Waals surface area (Å²) < 4.78 is 38.4. The maximum absolute atomic E-state index is 12.8. The second kappa shape index (κ2) is 9.67. The van der Waals surface area contributed by atoms with E-state index in [4.69, 9.17) is 0 Å². The zero-order valence-corrected chi connectivity index (χ0v) is 18.4. The van der Waals surface area contributed by atoms with Crippen molar-refractivity contribution in [2.45, 2.75) is 49.5 Å². The van der Waals surface area contributed by atoms with Crippen LogP contribution in [0.25, 0.3) is 0 Å². The number of halogens is 3. The smallest absolute Gasteiger partial charge is 0.385 e. The van der Waals surface area contributed by atoms with Crippen molar-refractivity contribution in [1.29, 1.82) is 0 Å². The van der Waals surface area contributed by atoms with E-state index in [0.717, 1.165) is 36.6 Å². The van der Waals surface area contributed by atoms with Crippen molar-refractivity contribution in [1.82, 2.24) is 25.5 Å². The molecule has 2 aliphatic rings. The van der Waals surface area contributed by atoms with Crippen LogP contribution >= 0.6 is 0 Å². The molecule has 34 heavy (non-hydrogen) atoms. The summed E-state index contributed by atoms with van der Waals surface area (Å²) in [7, 11) is 0. The number of nitrogens with one attached hydrogen (secondary N) is 2. The minimum Gasteiger partial charge on any atom is -0.385 e. The van der Waals surface area contributed by atoms with Crippen LogP contribution in [0.3, 0.4) is 0 Å². The van der Waals surface area contributed by atoms with E-state index in [0.29, 0.717) is 32.0 Å². The van der Waals surface area contributed by atoms with Gasteiger partial charge in [-0.2, -0.15) is 13.2 Å². The third-order valence-corrected chi connectivity index (χ3v) is 6.53. The molecule has 1 aliphatic heterocycles. The number of alkyl halides is 3. The Kier molecular flexibility index (Phi) is 6.85. The van der Waals surface area contributed by atoms with Crippen molar-refractivity contribution < 1.29 is 27.9 Å². The van der Waals surface area contributed by atoms with Crippen molar-refractivity contribution >= 4 is 11.8 Å². The summed E-state index contributed by atoms with van der Waals surface area (Å²) in [6.45, 7) is 1.02. The fraction of sp³-hybridized carbons (Fsp3) is 0.478. The van der Waals surface area contributed by atoms with Crippen LogP contribution in [-0.4, -0.2) is 63.5 Å². The van der Waals surface area contributed by atoms with Crippen molar-refractivity contribution in [2.24, 2.45) is 0 Å². The highest BCUT2D eigenvalue weighted by Gasteiger charge is 2.40. The number of hydrogen-bond donors (Lipinski definition) is 3. The highest BCUT2D eigenvalue weighted by Crippen LogP contribution is 2.39. The first kappa shape index (κ1) is 24.1. The van der Waals surface area contributed by atoms with Gasteiger partial charge in [0.15, 0.2) is 0 Å². The molecule has 182 valence electrons. The lowest BCUT2D eigenvalue weighted by Crippen LogP contribution is -2.63. The van der Waals surface area contributed by atoms with Crippen LogP contribution in [0, 0.1) is 0 Å². The Labute approximate surface area is 194 Å². The monoisotopic (exact) mass is 477 g/mol. The number of rotatable bonds is 6. The molecule has 1 saturated carbocycles. The average molecular weight is 477 g/mol. The standard InChI is InChI=1S/C23H26F3N5O3/c24-23(25,26)16-3-1-2-15(8-16)21(33)29-11-20(32)30-18-12-31(13-18)19-4-6-22(34,7-5-19)17-9-27-14-28-10-17/h1-3,8-10,14,18-19,34H,4-7,11-13H2,(H,29,33)(H,30,32)/t19-,22-. The van der Waals surface area contributed by atoms with E-state index < -0.39 is 29.2 Å². The lowest BCUT2D eigenvalue weighted by atomic mass is 9.77. The van der Waals surface area contributed by atoms with Gasteiger partial charge in [-0.05, 0) is 43.9 Å². The van der Waals surface area contributed by atoms with E-state index in [1.54, 1.807) is 12.4 Å². The first-order chi connectivity index (χ1) is 16.1. The summed E-state index contributed by atoms with van der Waals surface area (Å²) in [5, 5.41) is 16.1. The first-order valence-electron chi connectivity index (χ1n) is 11.1. The van der Waals surface area contributed by atoms with E-state index in [1.807, 2.05) is 0 Å². The van der Waals surface area contributed by atoms with Crippen LogP contribution in [0.15, 0.2) is 43.0 Å². The summed E-state index contributed by atoms with van der Waals surface area (Å²) in [4.78, 5) is 34.5. The molecular weight excluding hydrogens is 451 g/mol. The largest absolute Gasteiger partial charge is 0.416 e. The van der Waals surface area contributed by atoms with Crippen LogP contribution in [0.1, 0.15) is 47.2 Å². The number of likely N-dealkylation sites (tertiary alicyclic amines) is 1. The molecule has 0 bridgehead atoms. The molecule has 3 N–H and O–H groups in total. The molecule has 2 heterocycles. The number of benzene rings is 1. The fourth-order valence-electron chi connectivity index (χ4n) is 4.55. The minimum atomic E-state index is -4.54. The van der Waals surface area contributed by atoms with Gasteiger partial charge in [0.05, 0.1) is 23.8 Å². The predicted molar refractivity (Wildman–Crippen MR) is 115 cm³/mol. The van der Waals surface area contributed by atoms with Crippen molar-refractivity contribution in [3.63, 3.8) is 0 Å². The SMILES string of the molecule is O=C(CNC(=O)c1cccc(C(F)(F)F)c1)NC1CN([C@H]2CC[C@@](O)(c3cncnc3)CC2)C1. The van der Waals surface area contributed by atoms with Crippen LogP contribution in [0.5, 0.6) is 0 Å². The molecular formula is C23H26F3N5O3. The Hall–Kier alpha value is -3.05. The van der Waals surface area contributed by atoms with Crippen LogP contribution in [0.4, 0.5) is 13.2 Å². The van der Waals surface area contributed by atoms with Gasteiger partial charge in [-0.15, -0.1) is 0 Å². The molecule has 2 fully saturated rings. The quantitative estimate of drug-likeness (QED) is 0.586. The molecule has 0 radical (unpaired) electrons. The molecule has 2 aromatic rings. The van der Waals surface area contributed by atoms with E-state index in [2.05, 4.69) is 25.5 Å². The predicted octanol–water partition coefficient (Wildman–Crippen LogP) is 1.86. The second-order valence-electron chi connectivity index (χ2n) is 8.87. The van der Waals surface area contributed by atoms with Crippen molar-refractivity contribution in [2.75, 3.05) is 19.6 Å². The lowest BCUT2D eigenvalue weighted by Gasteiger charge is -2.48. The summed E-state index contributed by atoms with van der Waals surface area (Å²) in [6.07, 6.45) is 3.04. The van der Waals surface area contributed by atoms with Gasteiger partial charge in [0.25, 0.3) is 5.91 Å². The number of carbonyl (C=O) groups excluding carboxylic acids is 2. The second-order valence-corrected chi connectivity index (χ2v) is 8.87. The highest BCUT2D eigenvalue weighted by atomic mass is 19.4. The van der Waals surface area contributed by atoms with E-state index in [9.17, 15) is 27.9 Å². The fourth-order valence-corrected chi connectivity index (χ4v) is 4.55. The third kappa shape index (κ3) is 5.53. The van der Waals surface area contributed by atoms with Gasteiger partial charge < -0.3 is 15.7 Å². The maximum Gasteiger partial charge on any atom is 0.416 e. The number of nitrogens with zero attached hydrogens (tertiary/aromatic N) is 3. The van der Waals surface area contributed by atoms with Gasteiger partial charge in [0.1, 0.15) is 6.33 Å². The maximum atomic E-state index is 12.8. The Morgan fingerprint density at radius 2 is 1.82 bits per heavy atom. The number of hydrogen-bond acceptors (Lipinski definition) is 6. The molecule has 0 atom stereocenters. The topological polar surface area (TPSA) is 107 Å². The Morgan fingerprint density at radius 1 is 1.15 bits per heavy atom. The van der Waals surface area contributed by atoms with Crippen LogP contribution in [-0.2, 0) is 16.6 Å². The van der Waals surface area contributed by atoms with E-state index in [-0.39, 0.29) is 18.2 Å². The lowest BCUT2D eigenvalue weighted by molar-refractivity contribution is -0.137. The van der Waals surface area contributed by atoms with Gasteiger partial charge in [-0.1, -0.05) is 6.07 Å². The van der Waals surface area contributed by atoms with Gasteiger partial charge in [-0.25, -0.2) is 9.97 Å². The molecule has 11 heteroatoms. The number of aliphatic hydroxyl groups is 1. The van der Waals surface area contributed by atoms with Crippen LogP contribution in [0.2, 0.25) is 0 Å². The minimum absolute atomic E-state index is 0.0544. The third-order valence-electron chi connectivity index (χ3n) is 6.53. The zero-order chi connectivity index (χ0) is 24.3. The number of amides is 2. The molecule has 0 unspecified atom stereocenters. The normalized spacial score (nSPS) is 23.7. The first-order valence-corrected chi connectivity index (χ1v) is 11.1. The Balaban J connectivity index is 1.17. The zero-order valence-electron chi connectivity index (χ0n) is 18.4. The van der Waals surface area contributed by atoms with Gasteiger partial charge >= 0.3 is 6.18 Å². The van der Waals surface area contributed by atoms with E-state index >= 15 is 0 Å². The molecule has 4 rings (SSSR count). The summed E-state index contributed by atoms with van der Waals surface area (Å²) in [5.41, 5.74) is -1.25. The van der Waals surface area contributed by atoms with E-state index in [1.165, 1.54) is 12.4 Å². The number of aromatic nitrogens is 2. The highest BCUT2D eigenvalue weighted by molar-refractivity contribution is 5.96. The molecule has 1 aromatic carbocycles. The van der Waals surface area contributed by atoms with Crippen LogP contribution < -0.4 is 10.6 Å². The molecule has 1 saturated heterocycles. The molecule has 2 amide bonds. The van der Waals surface area contributed by atoms with Gasteiger partial charge in [0, 0.05) is 42.7 Å². The summed E-state index contributed by atoms with van der Waals surface area (Å²) in [5.74, 6) is -1.14. The average Bonchev–Trinajstić information content (AvgIpc) is 2.80. The summed E-state index contributed by atoms with van der Waals surface area (Å²) in [6, 6.07) is 4.32. The molecule has 0 spiro atoms.